The molecule has 94 valence electrons. The molecule has 1 atom stereocenters. The van der Waals surface area contributed by atoms with Crippen molar-refractivity contribution in [2.24, 2.45) is 0 Å². The van der Waals surface area contributed by atoms with Crippen LogP contribution in [0.2, 0.25) is 0 Å². The van der Waals surface area contributed by atoms with Crippen LogP contribution in [0.15, 0.2) is 30.4 Å². The van der Waals surface area contributed by atoms with Gasteiger partial charge in [-0.15, -0.1) is 0 Å². The molecule has 0 aliphatic carbocycles. The molecule has 1 N–H and O–H groups in total. The van der Waals surface area contributed by atoms with Gasteiger partial charge in [-0.3, -0.25) is 4.18 Å². The highest BCUT2D eigenvalue weighted by atomic mass is 32.2. The van der Waals surface area contributed by atoms with Gasteiger partial charge in [0.05, 0.1) is 18.0 Å². The van der Waals surface area contributed by atoms with Gasteiger partial charge in [-0.05, 0) is 36.1 Å². The Kier molecular flexibility index (Phi) is 5.90. The molecule has 0 aliphatic heterocycles. The van der Waals surface area contributed by atoms with Gasteiger partial charge in [0.1, 0.15) is 5.75 Å². The molecule has 0 aromatic heterocycles. The minimum Gasteiger partial charge on any atom is -0.750 e. The fourth-order valence-electron chi connectivity index (χ4n) is 1.39. The van der Waals surface area contributed by atoms with E-state index in [1.807, 2.05) is 19.1 Å². The number of aromatic hydroxyl groups is 1. The number of phenols is 1. The highest BCUT2D eigenvalue weighted by Crippen LogP contribution is 2.20. The highest BCUT2D eigenvalue weighted by molar-refractivity contribution is 7.74. The maximum absolute atomic E-state index is 10.3. The van der Waals surface area contributed by atoms with E-state index >= 15 is 0 Å². The fraction of sp³-hybridized carbons (Fsp3) is 0.333. The van der Waals surface area contributed by atoms with Gasteiger partial charge >= 0.3 is 0 Å². The first kappa shape index (κ1) is 13.9. The molecule has 0 heterocycles. The largest absolute Gasteiger partial charge is 0.750 e. The van der Waals surface area contributed by atoms with Gasteiger partial charge in [0.15, 0.2) is 0 Å². The monoisotopic (exact) mass is 255 g/mol. The molecule has 0 saturated heterocycles. The Morgan fingerprint density at radius 3 is 2.88 bits per heavy atom. The molecule has 0 spiro atoms. The van der Waals surface area contributed by atoms with E-state index in [4.69, 9.17) is 0 Å². The van der Waals surface area contributed by atoms with E-state index in [0.29, 0.717) is 12.0 Å². The second-order valence-corrected chi connectivity index (χ2v) is 4.16. The van der Waals surface area contributed by atoms with Crippen LogP contribution in [0, 0.1) is 0 Å². The number of rotatable bonds is 6. The van der Waals surface area contributed by atoms with E-state index in [1.54, 1.807) is 18.2 Å². The molecule has 1 aromatic rings. The molecule has 5 heteroatoms. The van der Waals surface area contributed by atoms with Crippen molar-refractivity contribution in [3.8, 4) is 5.75 Å². The summed E-state index contributed by atoms with van der Waals surface area (Å²) >= 11 is -2.51. The van der Waals surface area contributed by atoms with Crippen LogP contribution >= 0.6 is 0 Å². The average Bonchev–Trinajstić information content (AvgIpc) is 2.30. The van der Waals surface area contributed by atoms with E-state index in [-0.39, 0.29) is 12.4 Å². The maximum Gasteiger partial charge on any atom is 0.119 e. The lowest BCUT2D eigenvalue weighted by Gasteiger charge is -2.08. The standard InChI is InChI=1S/C12H16O4S/c1-2-3-4-5-11-8-10(6-7-12(11)13)9-16-17(14)15/h3-4,6-8,13H,2,5,9H2,1H3,(H,14,15)/p-1/b4-3+. The third-order valence-corrected chi connectivity index (χ3v) is 2.52. The van der Waals surface area contributed by atoms with Crippen LogP contribution in [0.3, 0.4) is 0 Å². The summed E-state index contributed by atoms with van der Waals surface area (Å²) in [7, 11) is 0. The smallest absolute Gasteiger partial charge is 0.119 e. The first-order valence-electron chi connectivity index (χ1n) is 5.31. The fourth-order valence-corrected chi connectivity index (χ4v) is 1.62. The topological polar surface area (TPSA) is 69.6 Å². The summed E-state index contributed by atoms with van der Waals surface area (Å²) in [6, 6.07) is 4.92. The Morgan fingerprint density at radius 1 is 1.47 bits per heavy atom. The molecule has 0 amide bonds. The molecule has 0 bridgehead atoms. The van der Waals surface area contributed by atoms with Crippen molar-refractivity contribution in [2.75, 3.05) is 0 Å². The maximum atomic E-state index is 10.3. The molecular weight excluding hydrogens is 240 g/mol. The number of hydrogen-bond donors (Lipinski definition) is 1. The average molecular weight is 255 g/mol. The Labute approximate surface area is 103 Å². The van der Waals surface area contributed by atoms with Crippen LogP contribution in [-0.4, -0.2) is 13.9 Å². The summed E-state index contributed by atoms with van der Waals surface area (Å²) in [6.45, 7) is 2.02. The lowest BCUT2D eigenvalue weighted by molar-refractivity contribution is 0.291. The van der Waals surface area contributed by atoms with Crippen LogP contribution in [0.4, 0.5) is 0 Å². The van der Waals surface area contributed by atoms with Crippen LogP contribution < -0.4 is 0 Å². The molecular formula is C12H15O4S-. The minimum atomic E-state index is -2.51. The van der Waals surface area contributed by atoms with E-state index in [1.165, 1.54) is 0 Å². The summed E-state index contributed by atoms with van der Waals surface area (Å²) in [5.74, 6) is 0.206. The number of phenolic OH excluding ortho intramolecular Hbond substituents is 1. The minimum absolute atomic E-state index is 0.0130. The Balaban J connectivity index is 2.71. The van der Waals surface area contributed by atoms with Crippen LogP contribution in [0.1, 0.15) is 24.5 Å². The molecule has 0 radical (unpaired) electrons. The van der Waals surface area contributed by atoms with Gasteiger partial charge in [0, 0.05) is 0 Å². The number of benzene rings is 1. The zero-order valence-electron chi connectivity index (χ0n) is 9.59. The van der Waals surface area contributed by atoms with E-state index < -0.39 is 11.4 Å². The zero-order valence-corrected chi connectivity index (χ0v) is 10.4. The third-order valence-electron chi connectivity index (χ3n) is 2.21. The normalized spacial score (nSPS) is 13.1. The zero-order chi connectivity index (χ0) is 12.7. The second-order valence-electron chi connectivity index (χ2n) is 3.51. The second kappa shape index (κ2) is 7.21. The first-order valence-corrected chi connectivity index (χ1v) is 6.31. The Hall–Kier alpha value is -1.17. The molecule has 0 saturated carbocycles. The van der Waals surface area contributed by atoms with Crippen molar-refractivity contribution in [2.45, 2.75) is 26.4 Å². The predicted octanol–water partition coefficient (Wildman–Crippen LogP) is 2.21. The van der Waals surface area contributed by atoms with Crippen molar-refractivity contribution < 1.29 is 18.1 Å². The SMILES string of the molecule is CC/C=C/Cc1cc(COS(=O)[O-])ccc1O. The summed E-state index contributed by atoms with van der Waals surface area (Å²) in [5, 5.41) is 9.62. The van der Waals surface area contributed by atoms with Crippen molar-refractivity contribution >= 4 is 11.4 Å². The summed E-state index contributed by atoms with van der Waals surface area (Å²) in [6.07, 6.45) is 5.54. The Morgan fingerprint density at radius 2 is 2.24 bits per heavy atom. The van der Waals surface area contributed by atoms with Crippen molar-refractivity contribution in [3.63, 3.8) is 0 Å². The molecule has 17 heavy (non-hydrogen) atoms. The first-order chi connectivity index (χ1) is 8.13. The van der Waals surface area contributed by atoms with Gasteiger partial charge < -0.3 is 9.66 Å². The van der Waals surface area contributed by atoms with E-state index in [9.17, 15) is 13.9 Å². The van der Waals surface area contributed by atoms with Crippen LogP contribution in [0.5, 0.6) is 5.75 Å². The molecule has 1 aromatic carbocycles. The van der Waals surface area contributed by atoms with Crippen molar-refractivity contribution in [1.82, 2.24) is 0 Å². The third kappa shape index (κ3) is 5.12. The molecule has 1 rings (SSSR count). The summed E-state index contributed by atoms with van der Waals surface area (Å²) in [5.41, 5.74) is 1.47. The van der Waals surface area contributed by atoms with Crippen molar-refractivity contribution in [3.05, 3.63) is 41.5 Å². The molecule has 4 nitrogen and oxygen atoms in total. The highest BCUT2D eigenvalue weighted by Gasteiger charge is 2.01. The molecule has 0 fully saturated rings. The van der Waals surface area contributed by atoms with E-state index in [2.05, 4.69) is 4.18 Å². The predicted molar refractivity (Wildman–Crippen MR) is 65.0 cm³/mol. The number of allylic oxidation sites excluding steroid dienone is 2. The van der Waals surface area contributed by atoms with Gasteiger partial charge in [-0.25, -0.2) is 4.21 Å². The Bertz CT molecular complexity index is 415. The van der Waals surface area contributed by atoms with Gasteiger partial charge in [-0.1, -0.05) is 25.1 Å². The quantitative estimate of drug-likeness (QED) is 0.625. The molecule has 0 aliphatic rings. The lowest BCUT2D eigenvalue weighted by atomic mass is 10.1. The lowest BCUT2D eigenvalue weighted by Crippen LogP contribution is -1.97. The van der Waals surface area contributed by atoms with Gasteiger partial charge in [0.25, 0.3) is 0 Å². The molecule has 1 unspecified atom stereocenters. The van der Waals surface area contributed by atoms with Gasteiger partial charge in [0.2, 0.25) is 0 Å². The van der Waals surface area contributed by atoms with Crippen molar-refractivity contribution in [1.29, 1.82) is 0 Å². The summed E-state index contributed by atoms with van der Waals surface area (Å²) in [4.78, 5) is 0. The van der Waals surface area contributed by atoms with Gasteiger partial charge in [-0.2, -0.15) is 0 Å². The van der Waals surface area contributed by atoms with Crippen LogP contribution in [0.25, 0.3) is 0 Å². The van der Waals surface area contributed by atoms with Crippen LogP contribution in [-0.2, 0) is 28.6 Å². The van der Waals surface area contributed by atoms with E-state index in [0.717, 1.165) is 12.0 Å². The summed E-state index contributed by atoms with van der Waals surface area (Å²) < 4.78 is 25.0. The number of hydrogen-bond acceptors (Lipinski definition) is 4.